The molecule has 0 N–H and O–H groups in total. The highest BCUT2D eigenvalue weighted by Gasteiger charge is 2.20. The number of ether oxygens (including phenoxy) is 1. The molecular formula is C26H40ClNO2. The molecule has 0 fully saturated rings. The molecule has 30 heavy (non-hydrogen) atoms. The molecule has 0 aliphatic carbocycles. The third-order valence-corrected chi connectivity index (χ3v) is 5.76. The van der Waals surface area contributed by atoms with Gasteiger partial charge in [0.25, 0.3) is 0 Å². The van der Waals surface area contributed by atoms with E-state index in [1.54, 1.807) is 0 Å². The normalized spacial score (nSPS) is 11.7. The summed E-state index contributed by atoms with van der Waals surface area (Å²) in [6.07, 6.45) is 5.92. The Bertz CT molecular complexity index is 741. The van der Waals surface area contributed by atoms with Crippen LogP contribution in [0.1, 0.15) is 64.5 Å². The second kappa shape index (κ2) is 12.2. The number of hydroxylamine groups is 3. The van der Waals surface area contributed by atoms with E-state index in [0.717, 1.165) is 24.5 Å². The van der Waals surface area contributed by atoms with Crippen LogP contribution in [0.15, 0.2) is 48.5 Å². The van der Waals surface area contributed by atoms with E-state index in [2.05, 4.69) is 78.2 Å². The van der Waals surface area contributed by atoms with Crippen molar-refractivity contribution in [2.45, 2.75) is 65.2 Å². The van der Waals surface area contributed by atoms with Gasteiger partial charge in [-0.2, -0.15) is 0 Å². The Kier molecular flexibility index (Phi) is 10.7. The first-order valence-electron chi connectivity index (χ1n) is 11.1. The third-order valence-electron chi connectivity index (χ3n) is 5.76. The zero-order valence-corrected chi connectivity index (χ0v) is 20.5. The number of benzene rings is 2. The van der Waals surface area contributed by atoms with E-state index in [-0.39, 0.29) is 17.8 Å². The average molecular weight is 434 g/mol. The number of nitrogens with zero attached hydrogens (tertiary/aromatic N) is 1. The second-order valence-corrected chi connectivity index (χ2v) is 9.05. The summed E-state index contributed by atoms with van der Waals surface area (Å²) < 4.78 is 6.53. The summed E-state index contributed by atoms with van der Waals surface area (Å²) >= 11 is 0. The smallest absolute Gasteiger partial charge is 0.193 e. The molecule has 0 aliphatic heterocycles. The number of hydrogen-bond acceptors (Lipinski definition) is 2. The van der Waals surface area contributed by atoms with E-state index in [9.17, 15) is 0 Å². The molecule has 0 radical (unpaired) electrons. The monoisotopic (exact) mass is 433 g/mol. The molecule has 0 spiro atoms. The predicted octanol–water partition coefficient (Wildman–Crippen LogP) is 3.56. The quantitative estimate of drug-likeness (QED) is 0.289. The minimum Gasteiger partial charge on any atom is -1.00 e. The van der Waals surface area contributed by atoms with Crippen molar-refractivity contribution in [3.63, 3.8) is 0 Å². The molecule has 0 saturated carbocycles. The molecule has 4 heteroatoms. The number of rotatable bonds is 12. The van der Waals surface area contributed by atoms with Crippen LogP contribution in [0.4, 0.5) is 0 Å². The summed E-state index contributed by atoms with van der Waals surface area (Å²) in [7, 11) is 4.14. The summed E-state index contributed by atoms with van der Waals surface area (Å²) in [4.78, 5) is 6.16. The van der Waals surface area contributed by atoms with Crippen LogP contribution in [0.5, 0.6) is 11.5 Å². The van der Waals surface area contributed by atoms with Crippen LogP contribution in [-0.4, -0.2) is 31.9 Å². The Morgan fingerprint density at radius 1 is 0.900 bits per heavy atom. The lowest BCUT2D eigenvalue weighted by Crippen LogP contribution is -3.00. The van der Waals surface area contributed by atoms with Gasteiger partial charge in [0.1, 0.15) is 26.4 Å². The first-order chi connectivity index (χ1) is 13.8. The fourth-order valence-corrected chi connectivity index (χ4v) is 3.37. The van der Waals surface area contributed by atoms with Gasteiger partial charge in [0.2, 0.25) is 0 Å². The van der Waals surface area contributed by atoms with Crippen molar-refractivity contribution in [3.05, 3.63) is 59.7 Å². The minimum atomic E-state index is 0. The summed E-state index contributed by atoms with van der Waals surface area (Å²) in [5.74, 6) is 1.87. The standard InChI is InChI=1S/C26H40NO2.ClH/c1-7-9-12-20-26(3,4)23-15-17-24(18-16-23)28-21-19-22-13-10-11-14-25(22)29-27(5,6)8-2;/h10-11,13-18H,7-9,12,19-21H2,1-6H3;1H/q+1;/p-1. The molecule has 3 nitrogen and oxygen atoms in total. The van der Waals surface area contributed by atoms with Crippen molar-refractivity contribution in [2.24, 2.45) is 0 Å². The van der Waals surface area contributed by atoms with Crippen molar-refractivity contribution in [2.75, 3.05) is 27.2 Å². The lowest BCUT2D eigenvalue weighted by atomic mass is 9.80. The van der Waals surface area contributed by atoms with Gasteiger partial charge in [-0.1, -0.05) is 70.4 Å². The van der Waals surface area contributed by atoms with Gasteiger partial charge in [0.05, 0.1) is 6.61 Å². The van der Waals surface area contributed by atoms with Gasteiger partial charge in [-0.05, 0) is 42.5 Å². The molecule has 0 saturated heterocycles. The highest BCUT2D eigenvalue weighted by molar-refractivity contribution is 5.34. The van der Waals surface area contributed by atoms with Crippen molar-refractivity contribution in [1.82, 2.24) is 0 Å². The van der Waals surface area contributed by atoms with Gasteiger partial charge >= 0.3 is 0 Å². The van der Waals surface area contributed by atoms with Crippen LogP contribution in [0.2, 0.25) is 0 Å². The number of halogens is 1. The van der Waals surface area contributed by atoms with Crippen LogP contribution in [0.25, 0.3) is 0 Å². The minimum absolute atomic E-state index is 0. The Morgan fingerprint density at radius 3 is 2.20 bits per heavy atom. The lowest BCUT2D eigenvalue weighted by Gasteiger charge is -2.27. The highest BCUT2D eigenvalue weighted by Crippen LogP contribution is 2.30. The molecule has 0 aromatic heterocycles. The SMILES string of the molecule is CCCCCC(C)(C)c1ccc(OCCc2ccccc2O[N+](C)(C)CC)cc1.[Cl-]. The molecule has 2 aromatic carbocycles. The maximum absolute atomic E-state index is 6.16. The molecule has 2 aromatic rings. The Labute approximate surface area is 190 Å². The number of para-hydroxylation sites is 1. The average Bonchev–Trinajstić information content (AvgIpc) is 2.69. The molecular weight excluding hydrogens is 394 g/mol. The molecule has 0 aliphatic rings. The van der Waals surface area contributed by atoms with E-state index in [1.807, 2.05) is 12.1 Å². The highest BCUT2D eigenvalue weighted by atomic mass is 35.5. The van der Waals surface area contributed by atoms with Crippen molar-refractivity contribution in [3.8, 4) is 11.5 Å². The van der Waals surface area contributed by atoms with E-state index in [4.69, 9.17) is 9.57 Å². The summed E-state index contributed by atoms with van der Waals surface area (Å²) in [6.45, 7) is 10.6. The Balaban J connectivity index is 0.00000450. The van der Waals surface area contributed by atoms with Gasteiger partial charge in [-0.25, -0.2) is 0 Å². The van der Waals surface area contributed by atoms with Crippen molar-refractivity contribution >= 4 is 0 Å². The summed E-state index contributed by atoms with van der Waals surface area (Å²) in [5, 5.41) is 0. The largest absolute Gasteiger partial charge is 1.00 e. The first kappa shape index (κ1) is 26.3. The van der Waals surface area contributed by atoms with Crippen molar-refractivity contribution < 1.29 is 26.6 Å². The van der Waals surface area contributed by atoms with E-state index < -0.39 is 0 Å². The van der Waals surface area contributed by atoms with Crippen LogP contribution >= 0.6 is 0 Å². The fourth-order valence-electron chi connectivity index (χ4n) is 3.37. The summed E-state index contributed by atoms with van der Waals surface area (Å²) in [5.41, 5.74) is 2.79. The van der Waals surface area contributed by atoms with Crippen LogP contribution in [-0.2, 0) is 11.8 Å². The van der Waals surface area contributed by atoms with Crippen LogP contribution < -0.4 is 22.0 Å². The predicted molar refractivity (Wildman–Crippen MR) is 123 cm³/mol. The van der Waals surface area contributed by atoms with E-state index in [0.29, 0.717) is 11.3 Å². The maximum Gasteiger partial charge on any atom is 0.193 e. The molecule has 0 bridgehead atoms. The van der Waals surface area contributed by atoms with Gasteiger partial charge in [0, 0.05) is 12.0 Å². The van der Waals surface area contributed by atoms with Crippen molar-refractivity contribution in [1.29, 1.82) is 0 Å². The number of hydrogen-bond donors (Lipinski definition) is 0. The zero-order valence-electron chi connectivity index (χ0n) is 19.7. The molecule has 2 rings (SSSR count). The molecule has 0 heterocycles. The lowest BCUT2D eigenvalue weighted by molar-refractivity contribution is -1.05. The third kappa shape index (κ3) is 8.20. The van der Waals surface area contributed by atoms with Gasteiger partial charge in [-0.3, -0.25) is 0 Å². The molecule has 168 valence electrons. The molecule has 0 amide bonds. The second-order valence-electron chi connectivity index (χ2n) is 9.05. The van der Waals surface area contributed by atoms with E-state index in [1.165, 1.54) is 36.8 Å². The Hall–Kier alpha value is -1.71. The molecule has 0 atom stereocenters. The fraction of sp³-hybridized carbons (Fsp3) is 0.538. The van der Waals surface area contributed by atoms with Gasteiger partial charge in [0.15, 0.2) is 5.75 Å². The Morgan fingerprint density at radius 2 is 1.57 bits per heavy atom. The topological polar surface area (TPSA) is 18.5 Å². The summed E-state index contributed by atoms with van der Waals surface area (Å²) in [6, 6.07) is 16.9. The number of quaternary nitrogens is 1. The van der Waals surface area contributed by atoms with Crippen LogP contribution in [0, 0.1) is 0 Å². The number of unbranched alkanes of at least 4 members (excludes halogenated alkanes) is 2. The molecule has 0 unspecified atom stereocenters. The van der Waals surface area contributed by atoms with E-state index >= 15 is 0 Å². The van der Waals surface area contributed by atoms with Gasteiger partial charge < -0.3 is 22.0 Å². The zero-order chi connectivity index (χ0) is 21.3. The maximum atomic E-state index is 6.16. The van der Waals surface area contributed by atoms with Gasteiger partial charge in [-0.15, -0.1) is 4.65 Å². The first-order valence-corrected chi connectivity index (χ1v) is 11.1. The van der Waals surface area contributed by atoms with Crippen LogP contribution in [0.3, 0.4) is 0 Å².